The van der Waals surface area contributed by atoms with Crippen LogP contribution in [0.2, 0.25) is 0 Å². The van der Waals surface area contributed by atoms with E-state index < -0.39 is 0 Å². The van der Waals surface area contributed by atoms with Crippen LogP contribution in [-0.4, -0.2) is 23.6 Å². The molecule has 0 saturated heterocycles. The van der Waals surface area contributed by atoms with Crippen LogP contribution in [0.4, 0.5) is 0 Å². The molecule has 0 bridgehead atoms. The van der Waals surface area contributed by atoms with Crippen molar-refractivity contribution in [3.05, 3.63) is 35.5 Å². The van der Waals surface area contributed by atoms with Crippen LogP contribution in [0, 0.1) is 0 Å². The highest BCUT2D eigenvalue weighted by Gasteiger charge is 2.31. The average molecular weight is 245 g/mol. The number of nitrogens with one attached hydrogen (secondary N) is 1. The molecule has 94 valence electrons. The lowest BCUT2D eigenvalue weighted by molar-refractivity contribution is -0.697. The van der Waals surface area contributed by atoms with Crippen LogP contribution < -0.4 is 5.32 Å². The summed E-state index contributed by atoms with van der Waals surface area (Å²) < 4.78 is 5.10. The first kappa shape index (κ1) is 11.3. The van der Waals surface area contributed by atoms with Crippen LogP contribution in [-0.2, 0) is 22.5 Å². The van der Waals surface area contributed by atoms with E-state index >= 15 is 0 Å². The molecule has 0 aliphatic carbocycles. The topological polar surface area (TPSA) is 58.7 Å². The van der Waals surface area contributed by atoms with Crippen molar-refractivity contribution in [2.45, 2.75) is 25.9 Å². The number of esters is 1. The summed E-state index contributed by atoms with van der Waals surface area (Å²) in [7, 11) is 0. The van der Waals surface area contributed by atoms with Crippen LogP contribution in [0.3, 0.4) is 0 Å². The van der Waals surface area contributed by atoms with Crippen molar-refractivity contribution < 1.29 is 14.8 Å². The van der Waals surface area contributed by atoms with Gasteiger partial charge in [-0.2, -0.15) is 0 Å². The number of carbonyl (C=O) groups excluding carboxylic acids is 1. The van der Waals surface area contributed by atoms with Gasteiger partial charge >= 0.3 is 5.97 Å². The van der Waals surface area contributed by atoms with E-state index in [4.69, 9.17) is 4.74 Å². The van der Waals surface area contributed by atoms with E-state index in [0.29, 0.717) is 6.61 Å². The molecular formula is C14H17N2O2+. The molecule has 4 nitrogen and oxygen atoms in total. The number of para-hydroxylation sites is 1. The second-order valence-corrected chi connectivity index (χ2v) is 4.63. The number of benzene rings is 1. The summed E-state index contributed by atoms with van der Waals surface area (Å²) in [5, 5.41) is 3.28. The summed E-state index contributed by atoms with van der Waals surface area (Å²) in [6.07, 6.45) is 0.748. The number of quaternary nitrogens is 1. The van der Waals surface area contributed by atoms with Crippen molar-refractivity contribution in [2.75, 3.05) is 6.61 Å². The predicted octanol–water partition coefficient (Wildman–Crippen LogP) is 0.719. The third-order valence-electron chi connectivity index (χ3n) is 3.52. The summed E-state index contributed by atoms with van der Waals surface area (Å²) in [4.78, 5) is 15.2. The molecule has 4 heteroatoms. The van der Waals surface area contributed by atoms with Crippen molar-refractivity contribution in [3.63, 3.8) is 0 Å². The number of rotatable bonds is 2. The van der Waals surface area contributed by atoms with E-state index in [1.807, 2.05) is 19.1 Å². The Hall–Kier alpha value is -1.81. The maximum Gasteiger partial charge on any atom is 0.365 e. The smallest absolute Gasteiger partial charge is 0.365 e. The Morgan fingerprint density at radius 1 is 1.50 bits per heavy atom. The van der Waals surface area contributed by atoms with Crippen molar-refractivity contribution in [2.24, 2.45) is 0 Å². The fourth-order valence-electron chi connectivity index (χ4n) is 2.66. The van der Waals surface area contributed by atoms with Crippen LogP contribution in [0.1, 0.15) is 18.2 Å². The first-order chi connectivity index (χ1) is 8.79. The van der Waals surface area contributed by atoms with Crippen molar-refractivity contribution >= 4 is 16.9 Å². The summed E-state index contributed by atoms with van der Waals surface area (Å²) in [6.45, 7) is 3.11. The van der Waals surface area contributed by atoms with Gasteiger partial charge in [-0.05, 0) is 18.6 Å². The highest BCUT2D eigenvalue weighted by Crippen LogP contribution is 2.24. The van der Waals surface area contributed by atoms with Crippen LogP contribution in [0.5, 0.6) is 0 Å². The zero-order chi connectivity index (χ0) is 12.5. The summed E-state index contributed by atoms with van der Waals surface area (Å²) in [5.74, 6) is -0.103. The number of aromatic amines is 1. The summed E-state index contributed by atoms with van der Waals surface area (Å²) in [6, 6.07) is 8.15. The molecule has 1 aliphatic heterocycles. The van der Waals surface area contributed by atoms with E-state index in [2.05, 4.69) is 22.4 Å². The molecule has 0 spiro atoms. The fourth-order valence-corrected chi connectivity index (χ4v) is 2.66. The van der Waals surface area contributed by atoms with Crippen molar-refractivity contribution in [1.82, 2.24) is 4.98 Å². The molecule has 0 amide bonds. The molecule has 2 heterocycles. The van der Waals surface area contributed by atoms with E-state index in [9.17, 15) is 4.79 Å². The molecule has 1 atom stereocenters. The molecule has 2 aromatic rings. The summed E-state index contributed by atoms with van der Waals surface area (Å²) >= 11 is 0. The van der Waals surface area contributed by atoms with E-state index in [1.54, 1.807) is 0 Å². The summed E-state index contributed by atoms with van der Waals surface area (Å²) in [5.41, 5.74) is 3.66. The zero-order valence-electron chi connectivity index (χ0n) is 10.4. The van der Waals surface area contributed by atoms with Gasteiger partial charge in [0.25, 0.3) is 0 Å². The lowest BCUT2D eigenvalue weighted by Gasteiger charge is -2.19. The molecule has 3 rings (SSSR count). The maximum atomic E-state index is 11.8. The number of aromatic nitrogens is 1. The van der Waals surface area contributed by atoms with Gasteiger partial charge < -0.3 is 15.0 Å². The number of fused-ring (bicyclic) bond motifs is 3. The van der Waals surface area contributed by atoms with E-state index in [-0.39, 0.29) is 12.0 Å². The second-order valence-electron chi connectivity index (χ2n) is 4.63. The minimum Gasteiger partial charge on any atom is -0.462 e. The number of H-pyrrole nitrogens is 1. The lowest BCUT2D eigenvalue weighted by atomic mass is 9.99. The maximum absolute atomic E-state index is 11.8. The van der Waals surface area contributed by atoms with Crippen molar-refractivity contribution in [1.29, 1.82) is 0 Å². The Morgan fingerprint density at radius 3 is 3.17 bits per heavy atom. The first-order valence-electron chi connectivity index (χ1n) is 6.38. The third-order valence-corrected chi connectivity index (χ3v) is 3.52. The van der Waals surface area contributed by atoms with Gasteiger partial charge in [0.15, 0.2) is 6.04 Å². The molecule has 3 N–H and O–H groups in total. The fraction of sp³-hybridized carbons (Fsp3) is 0.357. The number of nitrogens with two attached hydrogens (primary N) is 1. The minimum absolute atomic E-state index is 0.100. The number of carbonyl (C=O) groups is 1. The standard InChI is InChI=1S/C14H16N2O2/c1-2-18-14(17)12-7-10-9-5-3-4-6-11(9)16-13(10)8-15-12/h3-6,12,15-16H,2,7-8H2,1H3/p+1/t12-/m1/s1. The van der Waals surface area contributed by atoms with Crippen LogP contribution in [0.25, 0.3) is 10.9 Å². The predicted molar refractivity (Wildman–Crippen MR) is 68.1 cm³/mol. The van der Waals surface area contributed by atoms with E-state index in [0.717, 1.165) is 18.5 Å². The van der Waals surface area contributed by atoms with E-state index in [1.165, 1.54) is 16.6 Å². The Balaban J connectivity index is 1.94. The van der Waals surface area contributed by atoms with Crippen LogP contribution in [0.15, 0.2) is 24.3 Å². The minimum atomic E-state index is -0.103. The molecule has 1 aromatic carbocycles. The molecule has 0 saturated carbocycles. The van der Waals surface area contributed by atoms with Gasteiger partial charge in [-0.3, -0.25) is 0 Å². The van der Waals surface area contributed by atoms with Gasteiger partial charge in [-0.15, -0.1) is 0 Å². The average Bonchev–Trinajstić information content (AvgIpc) is 2.76. The lowest BCUT2D eigenvalue weighted by Crippen LogP contribution is -2.92. The highest BCUT2D eigenvalue weighted by atomic mass is 16.5. The number of hydrogen-bond acceptors (Lipinski definition) is 2. The second kappa shape index (κ2) is 4.46. The highest BCUT2D eigenvalue weighted by molar-refractivity contribution is 5.86. The molecular weight excluding hydrogens is 228 g/mol. The van der Waals surface area contributed by atoms with Crippen molar-refractivity contribution in [3.8, 4) is 0 Å². The van der Waals surface area contributed by atoms with Gasteiger partial charge in [0, 0.05) is 17.3 Å². The third kappa shape index (κ3) is 1.78. The number of ether oxygens (including phenoxy) is 1. The van der Waals surface area contributed by atoms with Gasteiger partial charge in [-0.25, -0.2) is 4.79 Å². The molecule has 18 heavy (non-hydrogen) atoms. The van der Waals surface area contributed by atoms with Gasteiger partial charge in [0.2, 0.25) is 0 Å². The largest absolute Gasteiger partial charge is 0.462 e. The molecule has 0 unspecified atom stereocenters. The molecule has 0 fully saturated rings. The quantitative estimate of drug-likeness (QED) is 0.766. The van der Waals surface area contributed by atoms with Crippen LogP contribution >= 0.6 is 0 Å². The Morgan fingerprint density at radius 2 is 2.33 bits per heavy atom. The Labute approximate surface area is 105 Å². The molecule has 0 radical (unpaired) electrons. The van der Waals surface area contributed by atoms with Gasteiger partial charge in [-0.1, -0.05) is 18.2 Å². The SMILES string of the molecule is CCOC(=O)[C@H]1Cc2c([nH]c3ccccc23)C[NH2+]1. The molecule has 1 aromatic heterocycles. The zero-order valence-corrected chi connectivity index (χ0v) is 10.4. The Bertz CT molecular complexity index is 588. The van der Waals surface area contributed by atoms with Gasteiger partial charge in [0.05, 0.1) is 12.3 Å². The van der Waals surface area contributed by atoms with Gasteiger partial charge in [0.1, 0.15) is 6.54 Å². The number of hydrogen-bond donors (Lipinski definition) is 2. The molecule has 1 aliphatic rings. The normalized spacial score (nSPS) is 18.6. The first-order valence-corrected chi connectivity index (χ1v) is 6.38. The monoisotopic (exact) mass is 245 g/mol. The Kier molecular flexibility index (Phi) is 2.80.